The van der Waals surface area contributed by atoms with E-state index in [1.165, 1.54) is 4.90 Å². The molecule has 1 atom stereocenters. The molecule has 2 heterocycles. The summed E-state index contributed by atoms with van der Waals surface area (Å²) in [6.45, 7) is 2.31. The minimum Gasteiger partial charge on any atom is -0.450 e. The summed E-state index contributed by atoms with van der Waals surface area (Å²) in [6, 6.07) is 3.31. The molecule has 1 fully saturated rings. The molecule has 1 aliphatic heterocycles. The lowest BCUT2D eigenvalue weighted by atomic mass is 10.2. The summed E-state index contributed by atoms with van der Waals surface area (Å²) in [5, 5.41) is 0. The molecule has 1 aromatic heterocycles. The van der Waals surface area contributed by atoms with Crippen LogP contribution in [0.2, 0.25) is 0 Å². The van der Waals surface area contributed by atoms with E-state index in [1.807, 2.05) is 6.07 Å². The van der Waals surface area contributed by atoms with Crippen LogP contribution in [0, 0.1) is 0 Å². The number of nitrogens with zero attached hydrogens (tertiary/aromatic N) is 2. The van der Waals surface area contributed by atoms with Crippen LogP contribution >= 0.6 is 0 Å². The summed E-state index contributed by atoms with van der Waals surface area (Å²) in [4.78, 5) is 17.5. The molecule has 0 aliphatic carbocycles. The van der Waals surface area contributed by atoms with Gasteiger partial charge in [0.1, 0.15) is 0 Å². The number of pyridine rings is 1. The Morgan fingerprint density at radius 2 is 2.35 bits per heavy atom. The SMILES string of the molecule is CCOC(=O)N(Cc1cccnc1)C1CCS(=O)(=O)C1. The van der Waals surface area contributed by atoms with Crippen molar-refractivity contribution in [2.75, 3.05) is 18.1 Å². The summed E-state index contributed by atoms with van der Waals surface area (Å²) in [6.07, 6.45) is 3.30. The molecule has 0 aromatic carbocycles. The standard InChI is InChI=1S/C13H18N2O4S/c1-2-19-13(16)15(9-11-4-3-6-14-8-11)12-5-7-20(17,18)10-12/h3-4,6,8,12H,2,5,7,9-10H2,1H3. The molecule has 1 amide bonds. The van der Waals surface area contributed by atoms with Gasteiger partial charge in [0, 0.05) is 12.4 Å². The zero-order chi connectivity index (χ0) is 14.6. The van der Waals surface area contributed by atoms with Crippen molar-refractivity contribution in [1.29, 1.82) is 0 Å². The molecule has 1 aliphatic rings. The predicted molar refractivity (Wildman–Crippen MR) is 73.9 cm³/mol. The van der Waals surface area contributed by atoms with Crippen LogP contribution in [-0.4, -0.2) is 48.5 Å². The van der Waals surface area contributed by atoms with Gasteiger partial charge in [0.05, 0.1) is 30.7 Å². The number of sulfone groups is 1. The van der Waals surface area contributed by atoms with Gasteiger partial charge in [0.15, 0.2) is 9.84 Å². The molecule has 1 aromatic rings. The Hall–Kier alpha value is -1.63. The molecule has 0 bridgehead atoms. The maximum absolute atomic E-state index is 12.0. The quantitative estimate of drug-likeness (QED) is 0.835. The highest BCUT2D eigenvalue weighted by molar-refractivity contribution is 7.91. The molecular formula is C13H18N2O4S. The largest absolute Gasteiger partial charge is 0.450 e. The van der Waals surface area contributed by atoms with Gasteiger partial charge >= 0.3 is 6.09 Å². The number of aromatic nitrogens is 1. The summed E-state index contributed by atoms with van der Waals surface area (Å²) >= 11 is 0. The maximum atomic E-state index is 12.0. The van der Waals surface area contributed by atoms with E-state index in [9.17, 15) is 13.2 Å². The van der Waals surface area contributed by atoms with Crippen LogP contribution in [0.15, 0.2) is 24.5 Å². The number of hydrogen-bond donors (Lipinski definition) is 0. The molecule has 1 saturated heterocycles. The second-order valence-corrected chi connectivity index (χ2v) is 6.97. The van der Waals surface area contributed by atoms with Gasteiger partial charge in [0.25, 0.3) is 0 Å². The molecule has 0 radical (unpaired) electrons. The van der Waals surface area contributed by atoms with E-state index >= 15 is 0 Å². The highest BCUT2D eigenvalue weighted by Crippen LogP contribution is 2.20. The van der Waals surface area contributed by atoms with E-state index < -0.39 is 15.9 Å². The van der Waals surface area contributed by atoms with Gasteiger partial charge in [-0.3, -0.25) is 9.88 Å². The first-order chi connectivity index (χ1) is 9.52. The molecule has 110 valence electrons. The number of rotatable bonds is 4. The van der Waals surface area contributed by atoms with E-state index in [1.54, 1.807) is 25.4 Å². The first kappa shape index (κ1) is 14.8. The fourth-order valence-corrected chi connectivity index (χ4v) is 3.99. The van der Waals surface area contributed by atoms with Crippen molar-refractivity contribution in [1.82, 2.24) is 9.88 Å². The van der Waals surface area contributed by atoms with Gasteiger partial charge in [-0.25, -0.2) is 13.2 Å². The third-order valence-electron chi connectivity index (χ3n) is 3.23. The second-order valence-electron chi connectivity index (χ2n) is 4.74. The summed E-state index contributed by atoms with van der Waals surface area (Å²) in [5.74, 6) is 0.132. The molecule has 6 nitrogen and oxygen atoms in total. The molecule has 0 N–H and O–H groups in total. The minimum absolute atomic E-state index is 0.00603. The van der Waals surface area contributed by atoms with Crippen molar-refractivity contribution in [3.8, 4) is 0 Å². The Kier molecular flexibility index (Phi) is 4.59. The highest BCUT2D eigenvalue weighted by Gasteiger charge is 2.35. The van der Waals surface area contributed by atoms with E-state index in [2.05, 4.69) is 4.98 Å². The molecule has 2 rings (SSSR count). The van der Waals surface area contributed by atoms with Gasteiger partial charge < -0.3 is 4.74 Å². The number of ether oxygens (including phenoxy) is 1. The van der Waals surface area contributed by atoms with Gasteiger partial charge in [-0.15, -0.1) is 0 Å². The lowest BCUT2D eigenvalue weighted by molar-refractivity contribution is 0.0909. The van der Waals surface area contributed by atoms with Gasteiger partial charge in [-0.1, -0.05) is 6.07 Å². The van der Waals surface area contributed by atoms with E-state index in [0.717, 1.165) is 5.56 Å². The van der Waals surface area contributed by atoms with Gasteiger partial charge in [0.2, 0.25) is 0 Å². The zero-order valence-electron chi connectivity index (χ0n) is 11.4. The van der Waals surface area contributed by atoms with Crippen molar-refractivity contribution in [3.05, 3.63) is 30.1 Å². The first-order valence-electron chi connectivity index (χ1n) is 6.54. The van der Waals surface area contributed by atoms with Crippen LogP contribution in [0.5, 0.6) is 0 Å². The van der Waals surface area contributed by atoms with Crippen LogP contribution in [0.4, 0.5) is 4.79 Å². The van der Waals surface area contributed by atoms with Crippen LogP contribution < -0.4 is 0 Å². The van der Waals surface area contributed by atoms with Crippen LogP contribution in [0.1, 0.15) is 18.9 Å². The average molecular weight is 298 g/mol. The Balaban J connectivity index is 2.15. The molecule has 0 spiro atoms. The fourth-order valence-electron chi connectivity index (χ4n) is 2.26. The van der Waals surface area contributed by atoms with Crippen LogP contribution in [0.25, 0.3) is 0 Å². The van der Waals surface area contributed by atoms with Crippen molar-refractivity contribution >= 4 is 15.9 Å². The molecular weight excluding hydrogens is 280 g/mol. The van der Waals surface area contributed by atoms with Crippen molar-refractivity contribution in [3.63, 3.8) is 0 Å². The van der Waals surface area contributed by atoms with Crippen LogP contribution in [-0.2, 0) is 21.1 Å². The number of hydrogen-bond acceptors (Lipinski definition) is 5. The Labute approximate surface area is 118 Å². The highest BCUT2D eigenvalue weighted by atomic mass is 32.2. The third kappa shape index (κ3) is 3.69. The number of carbonyl (C=O) groups is 1. The lowest BCUT2D eigenvalue weighted by Crippen LogP contribution is -2.41. The second kappa shape index (κ2) is 6.21. The summed E-state index contributed by atoms with van der Waals surface area (Å²) in [7, 11) is -3.05. The molecule has 0 saturated carbocycles. The minimum atomic E-state index is -3.05. The van der Waals surface area contributed by atoms with Crippen molar-refractivity contribution in [2.45, 2.75) is 25.9 Å². The monoisotopic (exact) mass is 298 g/mol. The fraction of sp³-hybridized carbons (Fsp3) is 0.538. The number of amides is 1. The number of carbonyl (C=O) groups excluding carboxylic acids is 1. The van der Waals surface area contributed by atoms with Crippen molar-refractivity contribution in [2.24, 2.45) is 0 Å². The molecule has 20 heavy (non-hydrogen) atoms. The van der Waals surface area contributed by atoms with E-state index in [4.69, 9.17) is 4.74 Å². The zero-order valence-corrected chi connectivity index (χ0v) is 12.2. The van der Waals surface area contributed by atoms with E-state index in [-0.39, 0.29) is 24.2 Å². The summed E-state index contributed by atoms with van der Waals surface area (Å²) in [5.41, 5.74) is 0.852. The topological polar surface area (TPSA) is 76.6 Å². The Bertz CT molecular complexity index is 559. The summed E-state index contributed by atoms with van der Waals surface area (Å²) < 4.78 is 28.2. The average Bonchev–Trinajstić information content (AvgIpc) is 2.77. The smallest absolute Gasteiger partial charge is 0.410 e. The third-order valence-corrected chi connectivity index (χ3v) is 4.98. The normalized spacial score (nSPS) is 20.6. The van der Waals surface area contributed by atoms with Crippen molar-refractivity contribution < 1.29 is 17.9 Å². The Morgan fingerprint density at radius 3 is 2.90 bits per heavy atom. The van der Waals surface area contributed by atoms with E-state index in [0.29, 0.717) is 13.0 Å². The predicted octanol–water partition coefficient (Wildman–Crippen LogP) is 1.23. The van der Waals surface area contributed by atoms with Crippen LogP contribution in [0.3, 0.4) is 0 Å². The van der Waals surface area contributed by atoms with Gasteiger partial charge in [-0.2, -0.15) is 0 Å². The van der Waals surface area contributed by atoms with Gasteiger partial charge in [-0.05, 0) is 25.0 Å². The molecule has 7 heteroatoms. The molecule has 1 unspecified atom stereocenters. The first-order valence-corrected chi connectivity index (χ1v) is 8.36. The lowest BCUT2D eigenvalue weighted by Gasteiger charge is -2.27. The Morgan fingerprint density at radius 1 is 1.55 bits per heavy atom. The maximum Gasteiger partial charge on any atom is 0.410 e.